The molecule has 0 bridgehead atoms. The van der Waals surface area contributed by atoms with E-state index in [0.29, 0.717) is 11.5 Å². The first kappa shape index (κ1) is 16.7. The fourth-order valence-electron chi connectivity index (χ4n) is 2.60. The van der Waals surface area contributed by atoms with Crippen molar-refractivity contribution in [1.82, 2.24) is 5.32 Å². The molecule has 1 heterocycles. The van der Waals surface area contributed by atoms with Gasteiger partial charge in [0.15, 0.2) is 0 Å². The normalized spacial score (nSPS) is 14.8. The highest BCUT2D eigenvalue weighted by atomic mass is 32.1. The minimum absolute atomic E-state index is 0.488. The van der Waals surface area contributed by atoms with Gasteiger partial charge >= 0.3 is 0 Å². The van der Waals surface area contributed by atoms with Gasteiger partial charge in [0.1, 0.15) is 0 Å². The Morgan fingerprint density at radius 2 is 2.05 bits per heavy atom. The lowest BCUT2D eigenvalue weighted by atomic mass is 9.75. The minimum atomic E-state index is 0.488. The molecule has 0 radical (unpaired) electrons. The molecule has 1 unspecified atom stereocenters. The standard InChI is InChI=1S/C17H31NS/c1-5-7-10-17(6-2,14-18-15(3)4)11-8-16-9-12-19-13-16/h9,12-13,15,18H,5-8,10-11,14H2,1-4H3. The lowest BCUT2D eigenvalue weighted by Gasteiger charge is -2.34. The molecule has 2 heteroatoms. The largest absolute Gasteiger partial charge is 0.314 e. The Morgan fingerprint density at radius 1 is 1.26 bits per heavy atom. The molecule has 0 aliphatic rings. The van der Waals surface area contributed by atoms with Gasteiger partial charge in [0, 0.05) is 12.6 Å². The summed E-state index contributed by atoms with van der Waals surface area (Å²) in [5, 5.41) is 8.18. The molecule has 1 rings (SSSR count). The van der Waals surface area contributed by atoms with Crippen molar-refractivity contribution < 1.29 is 0 Å². The molecule has 1 N–H and O–H groups in total. The van der Waals surface area contributed by atoms with Gasteiger partial charge in [0.05, 0.1) is 0 Å². The fraction of sp³-hybridized carbons (Fsp3) is 0.765. The lowest BCUT2D eigenvalue weighted by Crippen LogP contribution is -2.37. The van der Waals surface area contributed by atoms with Gasteiger partial charge in [-0.25, -0.2) is 0 Å². The Bertz CT molecular complexity index is 318. The van der Waals surface area contributed by atoms with E-state index < -0.39 is 0 Å². The number of nitrogens with one attached hydrogen (secondary N) is 1. The molecule has 1 aromatic rings. The molecule has 0 spiro atoms. The highest BCUT2D eigenvalue weighted by molar-refractivity contribution is 7.07. The third-order valence-electron chi connectivity index (χ3n) is 4.22. The Balaban J connectivity index is 2.59. The van der Waals surface area contributed by atoms with Gasteiger partial charge in [0.2, 0.25) is 0 Å². The Hall–Kier alpha value is -0.340. The van der Waals surface area contributed by atoms with Crippen LogP contribution >= 0.6 is 11.3 Å². The van der Waals surface area contributed by atoms with E-state index in [9.17, 15) is 0 Å². The van der Waals surface area contributed by atoms with Crippen LogP contribution < -0.4 is 5.32 Å². The Labute approximate surface area is 123 Å². The van der Waals surface area contributed by atoms with Gasteiger partial charge in [-0.3, -0.25) is 0 Å². The van der Waals surface area contributed by atoms with E-state index >= 15 is 0 Å². The number of rotatable bonds is 10. The molecule has 1 nitrogen and oxygen atoms in total. The number of hydrogen-bond donors (Lipinski definition) is 1. The van der Waals surface area contributed by atoms with Crippen LogP contribution in [0.1, 0.15) is 65.4 Å². The summed E-state index contributed by atoms with van der Waals surface area (Å²) in [6, 6.07) is 2.87. The van der Waals surface area contributed by atoms with Crippen molar-refractivity contribution in [3.63, 3.8) is 0 Å². The van der Waals surface area contributed by atoms with Crippen molar-refractivity contribution in [3.8, 4) is 0 Å². The first-order chi connectivity index (χ1) is 9.12. The minimum Gasteiger partial charge on any atom is -0.314 e. The van der Waals surface area contributed by atoms with Gasteiger partial charge in [-0.15, -0.1) is 0 Å². The average Bonchev–Trinajstić information content (AvgIpc) is 2.92. The van der Waals surface area contributed by atoms with Crippen LogP contribution in [0.5, 0.6) is 0 Å². The highest BCUT2D eigenvalue weighted by Crippen LogP contribution is 2.34. The maximum Gasteiger partial charge on any atom is 0.00106 e. The van der Waals surface area contributed by atoms with E-state index in [2.05, 4.69) is 49.8 Å². The third kappa shape index (κ3) is 6.09. The summed E-state index contributed by atoms with van der Waals surface area (Å²) in [5.74, 6) is 0. The van der Waals surface area contributed by atoms with Crippen molar-refractivity contribution in [1.29, 1.82) is 0 Å². The second-order valence-corrected chi connectivity index (χ2v) is 6.90. The monoisotopic (exact) mass is 281 g/mol. The summed E-state index contributed by atoms with van der Waals surface area (Å²) < 4.78 is 0. The number of hydrogen-bond acceptors (Lipinski definition) is 2. The zero-order valence-electron chi connectivity index (χ0n) is 13.2. The maximum absolute atomic E-state index is 3.68. The van der Waals surface area contributed by atoms with Gasteiger partial charge in [-0.1, -0.05) is 40.5 Å². The summed E-state index contributed by atoms with van der Waals surface area (Å²) in [7, 11) is 0. The molecule has 0 aliphatic heterocycles. The third-order valence-corrected chi connectivity index (χ3v) is 4.95. The van der Waals surface area contributed by atoms with Crippen molar-refractivity contribution >= 4 is 11.3 Å². The van der Waals surface area contributed by atoms with Gasteiger partial charge in [-0.2, -0.15) is 11.3 Å². The maximum atomic E-state index is 3.68. The molecule has 1 aromatic heterocycles. The molecule has 110 valence electrons. The Morgan fingerprint density at radius 3 is 2.58 bits per heavy atom. The molecule has 0 aromatic carbocycles. The van der Waals surface area contributed by atoms with E-state index in [1.807, 2.05) is 11.3 Å². The quantitative estimate of drug-likeness (QED) is 0.616. The van der Waals surface area contributed by atoms with Crippen LogP contribution in [-0.4, -0.2) is 12.6 Å². The van der Waals surface area contributed by atoms with Crippen LogP contribution in [0.25, 0.3) is 0 Å². The van der Waals surface area contributed by atoms with E-state index in [1.165, 1.54) is 50.6 Å². The summed E-state index contributed by atoms with van der Waals surface area (Å²) in [5.41, 5.74) is 2.01. The zero-order chi connectivity index (χ0) is 14.1. The van der Waals surface area contributed by atoms with Gasteiger partial charge in [0.25, 0.3) is 0 Å². The number of unbranched alkanes of at least 4 members (excludes halogenated alkanes) is 1. The van der Waals surface area contributed by atoms with Gasteiger partial charge in [-0.05, 0) is 53.5 Å². The highest BCUT2D eigenvalue weighted by Gasteiger charge is 2.27. The molecule has 1 atom stereocenters. The first-order valence-electron chi connectivity index (χ1n) is 7.86. The Kier molecular flexibility index (Phi) is 7.70. The van der Waals surface area contributed by atoms with E-state index in [0.717, 1.165) is 0 Å². The lowest BCUT2D eigenvalue weighted by molar-refractivity contribution is 0.207. The summed E-state index contributed by atoms with van der Waals surface area (Å²) in [4.78, 5) is 0. The van der Waals surface area contributed by atoms with Crippen LogP contribution in [0.15, 0.2) is 16.8 Å². The SMILES string of the molecule is CCCCC(CC)(CCc1ccsc1)CNC(C)C. The smallest absolute Gasteiger partial charge is 0.00106 e. The van der Waals surface area contributed by atoms with Crippen molar-refractivity contribution in [2.75, 3.05) is 6.54 Å². The molecule has 0 saturated heterocycles. The molecule has 19 heavy (non-hydrogen) atoms. The van der Waals surface area contributed by atoms with Crippen LogP contribution in [-0.2, 0) is 6.42 Å². The summed E-state index contributed by atoms with van der Waals surface area (Å²) in [6.45, 7) is 10.3. The summed E-state index contributed by atoms with van der Waals surface area (Å²) in [6.07, 6.45) is 7.88. The summed E-state index contributed by atoms with van der Waals surface area (Å²) >= 11 is 1.82. The molecule has 0 amide bonds. The predicted molar refractivity (Wildman–Crippen MR) is 88.0 cm³/mol. The second kappa shape index (κ2) is 8.76. The second-order valence-electron chi connectivity index (χ2n) is 6.12. The molecule has 0 saturated carbocycles. The zero-order valence-corrected chi connectivity index (χ0v) is 14.0. The number of aryl methyl sites for hydroxylation is 1. The first-order valence-corrected chi connectivity index (χ1v) is 8.80. The average molecular weight is 282 g/mol. The molecular weight excluding hydrogens is 250 g/mol. The molecule has 0 aliphatic carbocycles. The number of thiophene rings is 1. The van der Waals surface area contributed by atoms with E-state index in [-0.39, 0.29) is 0 Å². The molecule has 0 fully saturated rings. The van der Waals surface area contributed by atoms with Crippen molar-refractivity contribution in [3.05, 3.63) is 22.4 Å². The topological polar surface area (TPSA) is 12.0 Å². The van der Waals surface area contributed by atoms with Crippen molar-refractivity contribution in [2.24, 2.45) is 5.41 Å². The van der Waals surface area contributed by atoms with Gasteiger partial charge < -0.3 is 5.32 Å². The molecular formula is C17H31NS. The van der Waals surface area contributed by atoms with Crippen LogP contribution in [0.4, 0.5) is 0 Å². The predicted octanol–water partition coefficient (Wildman–Crippen LogP) is 5.27. The van der Waals surface area contributed by atoms with Crippen LogP contribution in [0.3, 0.4) is 0 Å². The van der Waals surface area contributed by atoms with Crippen LogP contribution in [0.2, 0.25) is 0 Å². The van der Waals surface area contributed by atoms with E-state index in [1.54, 1.807) is 0 Å². The fourth-order valence-corrected chi connectivity index (χ4v) is 3.30. The van der Waals surface area contributed by atoms with E-state index in [4.69, 9.17) is 0 Å². The van der Waals surface area contributed by atoms with Crippen LogP contribution in [0, 0.1) is 5.41 Å². The van der Waals surface area contributed by atoms with Crippen molar-refractivity contribution in [2.45, 2.75) is 72.3 Å².